The predicted molar refractivity (Wildman–Crippen MR) is 164 cm³/mol. The average Bonchev–Trinajstić information content (AvgIpc) is 3.42. The van der Waals surface area contributed by atoms with Crippen LogP contribution in [0.15, 0.2) is 54.0 Å². The predicted octanol–water partition coefficient (Wildman–Crippen LogP) is 3.64. The van der Waals surface area contributed by atoms with Crippen LogP contribution in [0.4, 0.5) is 10.7 Å². The van der Waals surface area contributed by atoms with Crippen LogP contribution in [-0.4, -0.2) is 69.9 Å². The molecule has 2 amide bonds. The Kier molecular flexibility index (Phi) is 12.6. The molecular weight excluding hydrogens is 608 g/mol. The van der Waals surface area contributed by atoms with Crippen molar-refractivity contribution < 1.29 is 37.2 Å². The van der Waals surface area contributed by atoms with Crippen LogP contribution in [0.25, 0.3) is 0 Å². The maximum atomic E-state index is 13.5. The molecule has 45 heavy (non-hydrogen) atoms. The fourth-order valence-electron chi connectivity index (χ4n) is 4.00. The molecule has 2 rings (SSSR count). The minimum Gasteiger partial charge on any atom is -0.444 e. The fraction of sp³-hybridized carbons (Fsp3) is 0.517. The highest BCUT2D eigenvalue weighted by molar-refractivity contribution is 7.89. The molecule has 0 aliphatic heterocycles. The van der Waals surface area contributed by atoms with Crippen molar-refractivity contribution in [3.63, 3.8) is 0 Å². The first kappa shape index (κ1) is 36.7. The zero-order valence-electron chi connectivity index (χ0n) is 26.6. The molecule has 0 radical (unpaired) electrons. The molecule has 2 N–H and O–H groups in total. The number of nitro groups is 1. The summed E-state index contributed by atoms with van der Waals surface area (Å²) in [6, 6.07) is 3.65. The van der Waals surface area contributed by atoms with Gasteiger partial charge in [0, 0.05) is 7.05 Å². The second kappa shape index (κ2) is 15.5. The van der Waals surface area contributed by atoms with Gasteiger partial charge in [0.05, 0.1) is 11.4 Å². The molecule has 0 saturated carbocycles. The number of sulfonamides is 1. The number of hydrogen-bond acceptors (Lipinski definition) is 10. The molecule has 2 aromatic rings. The number of ether oxygens (including phenoxy) is 2. The molecule has 15 nitrogen and oxygen atoms in total. The van der Waals surface area contributed by atoms with Crippen molar-refractivity contribution in [2.24, 2.45) is 5.92 Å². The van der Waals surface area contributed by atoms with E-state index in [-0.39, 0.29) is 30.2 Å². The Hall–Kier alpha value is -4.47. The molecule has 1 aromatic carbocycles. The van der Waals surface area contributed by atoms with Gasteiger partial charge in [0.1, 0.15) is 30.1 Å². The third kappa shape index (κ3) is 10.6. The van der Waals surface area contributed by atoms with Crippen LogP contribution in [0.5, 0.6) is 0 Å². The molecular formula is C29H42N6O9S. The van der Waals surface area contributed by atoms with Gasteiger partial charge < -0.3 is 30.2 Å². The van der Waals surface area contributed by atoms with Gasteiger partial charge in [-0.1, -0.05) is 42.9 Å². The first-order valence-electron chi connectivity index (χ1n) is 14.3. The Balaban J connectivity index is 2.21. The van der Waals surface area contributed by atoms with Crippen LogP contribution in [0.1, 0.15) is 59.4 Å². The number of carbonyl (C=O) groups is 3. The summed E-state index contributed by atoms with van der Waals surface area (Å²) >= 11 is 0. The molecule has 1 aromatic heterocycles. The second-order valence-corrected chi connectivity index (χ2v) is 13.5. The van der Waals surface area contributed by atoms with Crippen molar-refractivity contribution in [1.29, 1.82) is 0 Å². The molecule has 0 aliphatic carbocycles. The summed E-state index contributed by atoms with van der Waals surface area (Å²) in [6.07, 6.45) is 2.48. The first-order chi connectivity index (χ1) is 20.9. The molecule has 0 aliphatic rings. The van der Waals surface area contributed by atoms with E-state index in [0.29, 0.717) is 6.42 Å². The van der Waals surface area contributed by atoms with E-state index in [4.69, 9.17) is 9.47 Å². The van der Waals surface area contributed by atoms with Gasteiger partial charge in [-0.3, -0.25) is 4.79 Å². The smallest absolute Gasteiger partial charge is 0.434 e. The molecule has 0 saturated heterocycles. The molecule has 3 atom stereocenters. The number of aromatic nitrogens is 2. The van der Waals surface area contributed by atoms with E-state index < -0.39 is 62.4 Å². The molecule has 16 heteroatoms. The van der Waals surface area contributed by atoms with Crippen LogP contribution in [-0.2, 0) is 35.6 Å². The molecule has 0 unspecified atom stereocenters. The van der Waals surface area contributed by atoms with E-state index in [2.05, 4.69) is 22.2 Å². The first-order valence-corrected chi connectivity index (χ1v) is 15.7. The van der Waals surface area contributed by atoms with Crippen molar-refractivity contribution in [3.8, 4) is 0 Å². The Morgan fingerprint density at radius 2 is 1.80 bits per heavy atom. The maximum Gasteiger partial charge on any atom is 0.434 e. The summed E-state index contributed by atoms with van der Waals surface area (Å²) in [6.45, 7) is 14.0. The summed E-state index contributed by atoms with van der Waals surface area (Å²) in [5.74, 6) is -3.02. The molecule has 0 spiro atoms. The summed E-state index contributed by atoms with van der Waals surface area (Å²) in [7, 11) is -2.91. The minimum absolute atomic E-state index is 0.0208. The lowest BCUT2D eigenvalue weighted by Gasteiger charge is -2.28. The Labute approximate surface area is 263 Å². The number of aryl methyl sites for hydroxylation is 2. The lowest BCUT2D eigenvalue weighted by Crippen LogP contribution is -2.54. The van der Waals surface area contributed by atoms with Crippen molar-refractivity contribution >= 4 is 33.9 Å². The van der Waals surface area contributed by atoms with E-state index in [1.165, 1.54) is 36.1 Å². The van der Waals surface area contributed by atoms with Crippen molar-refractivity contribution in [1.82, 2.24) is 24.5 Å². The van der Waals surface area contributed by atoms with Gasteiger partial charge in [-0.25, -0.2) is 26.9 Å². The number of nitrogens with zero attached hydrogens (tertiary/aromatic N) is 4. The van der Waals surface area contributed by atoms with Gasteiger partial charge in [-0.15, -0.1) is 0 Å². The van der Waals surface area contributed by atoms with E-state index in [9.17, 15) is 32.9 Å². The highest BCUT2D eigenvalue weighted by atomic mass is 32.2. The quantitative estimate of drug-likeness (QED) is 0.124. The number of rotatable bonds is 15. The van der Waals surface area contributed by atoms with Gasteiger partial charge in [-0.2, -0.15) is 0 Å². The molecule has 1 heterocycles. The van der Waals surface area contributed by atoms with Gasteiger partial charge in [0.2, 0.25) is 11.8 Å². The van der Waals surface area contributed by atoms with Crippen molar-refractivity contribution in [2.45, 2.75) is 89.9 Å². The van der Waals surface area contributed by atoms with E-state index >= 15 is 0 Å². The van der Waals surface area contributed by atoms with Crippen LogP contribution in [0.3, 0.4) is 0 Å². The molecule has 0 bridgehead atoms. The number of amides is 2. The van der Waals surface area contributed by atoms with Gasteiger partial charge in [0.15, 0.2) is 0 Å². The number of benzene rings is 1. The van der Waals surface area contributed by atoms with Gasteiger partial charge in [-0.05, 0) is 70.1 Å². The van der Waals surface area contributed by atoms with Crippen LogP contribution < -0.4 is 10.6 Å². The number of carbonyl (C=O) groups excluding carboxylic acids is 3. The van der Waals surface area contributed by atoms with Gasteiger partial charge in [0.25, 0.3) is 10.0 Å². The Morgan fingerprint density at radius 1 is 1.18 bits per heavy atom. The Bertz CT molecular complexity index is 1480. The van der Waals surface area contributed by atoms with E-state index in [0.717, 1.165) is 9.87 Å². The number of alkyl carbamates (subject to hydrolysis) is 1. The lowest BCUT2D eigenvalue weighted by atomic mass is 9.98. The molecule has 0 fully saturated rings. The van der Waals surface area contributed by atoms with Crippen molar-refractivity contribution in [3.05, 3.63) is 64.8 Å². The number of imidazole rings is 1. The van der Waals surface area contributed by atoms with Crippen LogP contribution >= 0.6 is 0 Å². The standard InChI is InChI=1S/C29H42N6O9S/c1-9-20(3)24(26(37)43-21(4)33(8)45(41,42)22-14-12-19(2)13-15-22)32-25(36)23(31-28(38)44-29(5,6)7)11-10-17-34-18-16-30-27(34)35(39)40/h12-16,18,20,23-24H,4,9-11,17H2,1-3,5-8H3,(H,31,38)(H,32,36)/t20-,23-,24-/m0/s1. The number of esters is 1. The zero-order chi connectivity index (χ0) is 34.1. The highest BCUT2D eigenvalue weighted by Crippen LogP contribution is 2.21. The maximum absolute atomic E-state index is 13.5. The second-order valence-electron chi connectivity index (χ2n) is 11.5. The number of nitrogens with one attached hydrogen (secondary N) is 2. The third-order valence-electron chi connectivity index (χ3n) is 6.77. The zero-order valence-corrected chi connectivity index (χ0v) is 27.4. The van der Waals surface area contributed by atoms with E-state index in [1.807, 2.05) is 6.92 Å². The monoisotopic (exact) mass is 650 g/mol. The topological polar surface area (TPSA) is 192 Å². The summed E-state index contributed by atoms with van der Waals surface area (Å²) < 4.78 is 38.8. The number of hydrogen-bond donors (Lipinski definition) is 2. The summed E-state index contributed by atoms with van der Waals surface area (Å²) in [5.41, 5.74) is -0.00632. The largest absolute Gasteiger partial charge is 0.444 e. The lowest BCUT2D eigenvalue weighted by molar-refractivity contribution is -0.396. The Morgan fingerprint density at radius 3 is 2.36 bits per heavy atom. The average molecular weight is 651 g/mol. The highest BCUT2D eigenvalue weighted by Gasteiger charge is 2.34. The SMILES string of the molecule is C=C(OC(=O)[C@@H](NC(=O)[C@H](CCCn1ccnc1[N+](=O)[O-])NC(=O)OC(C)(C)C)[C@@H](C)CC)N(C)S(=O)(=O)c1ccc(C)cc1. The normalized spacial score (nSPS) is 13.6. The third-order valence-corrected chi connectivity index (χ3v) is 8.56. The van der Waals surface area contributed by atoms with E-state index in [1.54, 1.807) is 46.8 Å². The minimum atomic E-state index is -4.10. The summed E-state index contributed by atoms with van der Waals surface area (Å²) in [4.78, 5) is 53.6. The molecule has 248 valence electrons. The van der Waals surface area contributed by atoms with Crippen LogP contribution in [0.2, 0.25) is 0 Å². The fourth-order valence-corrected chi connectivity index (χ4v) is 5.10. The van der Waals surface area contributed by atoms with Gasteiger partial charge >= 0.3 is 18.0 Å². The summed E-state index contributed by atoms with van der Waals surface area (Å²) in [5, 5.41) is 16.3. The van der Waals surface area contributed by atoms with Crippen LogP contribution in [0, 0.1) is 23.0 Å². The van der Waals surface area contributed by atoms with Crippen molar-refractivity contribution in [2.75, 3.05) is 7.05 Å².